The first-order valence-electron chi connectivity index (χ1n) is 8.78. The van der Waals surface area contributed by atoms with Crippen LogP contribution in [0.25, 0.3) is 0 Å². The lowest BCUT2D eigenvalue weighted by molar-refractivity contribution is -0.117. The van der Waals surface area contributed by atoms with Crippen LogP contribution in [0.1, 0.15) is 42.1 Å². The van der Waals surface area contributed by atoms with Crippen LogP contribution in [0.2, 0.25) is 5.02 Å². The fourth-order valence-corrected chi connectivity index (χ4v) is 3.06. The predicted octanol–water partition coefficient (Wildman–Crippen LogP) is 3.63. The Morgan fingerprint density at radius 3 is 2.79 bits per heavy atom. The Kier molecular flexibility index (Phi) is 5.08. The van der Waals surface area contributed by atoms with Crippen molar-refractivity contribution in [3.8, 4) is 0 Å². The summed E-state index contributed by atoms with van der Waals surface area (Å²) in [5.74, 6) is -0.211. The van der Waals surface area contributed by atoms with E-state index in [2.05, 4.69) is 20.5 Å². The molecule has 0 bridgehead atoms. The quantitative estimate of drug-likeness (QED) is 0.650. The largest absolute Gasteiger partial charge is 0.292 e. The van der Waals surface area contributed by atoms with Gasteiger partial charge in [0.25, 0.3) is 6.43 Å². The Hall–Kier alpha value is -2.81. The normalized spacial score (nSPS) is 13.9. The molecule has 1 aromatic carbocycles. The summed E-state index contributed by atoms with van der Waals surface area (Å²) < 4.78 is 29.0. The molecule has 1 fully saturated rings. The van der Waals surface area contributed by atoms with E-state index in [4.69, 9.17) is 11.6 Å². The lowest BCUT2D eigenvalue weighted by atomic mass is 10.2. The van der Waals surface area contributed by atoms with E-state index >= 15 is 0 Å². The fourth-order valence-electron chi connectivity index (χ4n) is 2.86. The first-order chi connectivity index (χ1) is 13.5. The molecule has 1 N–H and O–H groups in total. The maximum absolute atomic E-state index is 13.2. The summed E-state index contributed by atoms with van der Waals surface area (Å²) in [5, 5.41) is 11.4. The second kappa shape index (κ2) is 7.67. The van der Waals surface area contributed by atoms with Gasteiger partial charge in [0.05, 0.1) is 12.2 Å². The topological polar surface area (TPSA) is 77.6 Å². The van der Waals surface area contributed by atoms with Crippen LogP contribution in [-0.2, 0) is 17.9 Å². The van der Waals surface area contributed by atoms with Crippen LogP contribution in [0.4, 0.5) is 14.7 Å². The Bertz CT molecular complexity index is 998. The van der Waals surface area contributed by atoms with Gasteiger partial charge in [-0.15, -0.1) is 5.10 Å². The number of alkyl halides is 2. The van der Waals surface area contributed by atoms with E-state index in [1.165, 1.54) is 17.1 Å². The molecule has 7 nitrogen and oxygen atoms in total. The highest BCUT2D eigenvalue weighted by molar-refractivity contribution is 6.31. The number of hydrogen-bond acceptors (Lipinski definition) is 4. The third-order valence-electron chi connectivity index (χ3n) is 4.42. The second-order valence-corrected chi connectivity index (χ2v) is 7.04. The molecule has 2 aromatic heterocycles. The molecule has 0 atom stereocenters. The zero-order chi connectivity index (χ0) is 19.7. The summed E-state index contributed by atoms with van der Waals surface area (Å²) in [5.41, 5.74) is 1.22. The van der Waals surface area contributed by atoms with Crippen molar-refractivity contribution in [3.05, 3.63) is 58.6 Å². The van der Waals surface area contributed by atoms with Crippen molar-refractivity contribution in [2.24, 2.45) is 0 Å². The predicted molar refractivity (Wildman–Crippen MR) is 98.4 cm³/mol. The molecule has 10 heteroatoms. The molecule has 1 saturated carbocycles. The van der Waals surface area contributed by atoms with Crippen LogP contribution >= 0.6 is 11.6 Å². The van der Waals surface area contributed by atoms with Gasteiger partial charge in [-0.05, 0) is 30.5 Å². The summed E-state index contributed by atoms with van der Waals surface area (Å²) in [4.78, 5) is 16.3. The number of amides is 1. The molecule has 0 aliphatic heterocycles. The van der Waals surface area contributed by atoms with Crippen molar-refractivity contribution in [2.75, 3.05) is 5.32 Å². The van der Waals surface area contributed by atoms with E-state index in [1.807, 2.05) is 18.2 Å². The first kappa shape index (κ1) is 18.5. The molecule has 0 saturated heterocycles. The van der Waals surface area contributed by atoms with Crippen molar-refractivity contribution in [1.82, 2.24) is 24.5 Å². The van der Waals surface area contributed by atoms with Crippen LogP contribution in [0.15, 0.2) is 36.7 Å². The molecule has 146 valence electrons. The number of anilines is 1. The number of carbonyl (C=O) groups is 1. The van der Waals surface area contributed by atoms with Crippen LogP contribution in [0.5, 0.6) is 0 Å². The van der Waals surface area contributed by atoms with Gasteiger partial charge in [-0.25, -0.2) is 18.4 Å². The maximum Gasteiger partial charge on any atom is 0.280 e. The van der Waals surface area contributed by atoms with E-state index in [0.29, 0.717) is 17.3 Å². The Morgan fingerprint density at radius 2 is 2.07 bits per heavy atom. The average Bonchev–Trinajstić information content (AvgIpc) is 3.28. The Balaban J connectivity index is 1.41. The maximum atomic E-state index is 13.2. The summed E-state index contributed by atoms with van der Waals surface area (Å²) in [6.07, 6.45) is 0.653. The van der Waals surface area contributed by atoms with Gasteiger partial charge in [0.1, 0.15) is 18.6 Å². The van der Waals surface area contributed by atoms with Crippen LogP contribution in [-0.4, -0.2) is 30.5 Å². The number of hydrogen-bond donors (Lipinski definition) is 1. The van der Waals surface area contributed by atoms with Gasteiger partial charge in [0.2, 0.25) is 11.9 Å². The molecular formula is C18H17ClF2N6O. The van der Waals surface area contributed by atoms with Crippen molar-refractivity contribution < 1.29 is 13.6 Å². The van der Waals surface area contributed by atoms with Gasteiger partial charge in [0.15, 0.2) is 0 Å². The smallest absolute Gasteiger partial charge is 0.280 e. The highest BCUT2D eigenvalue weighted by Crippen LogP contribution is 2.40. The van der Waals surface area contributed by atoms with E-state index in [-0.39, 0.29) is 24.1 Å². The lowest BCUT2D eigenvalue weighted by Crippen LogP contribution is -2.22. The highest BCUT2D eigenvalue weighted by Gasteiger charge is 2.29. The Labute approximate surface area is 164 Å². The number of rotatable bonds is 7. The molecular weight excluding hydrogens is 390 g/mol. The fraction of sp³-hybridized carbons (Fsp3) is 0.333. The van der Waals surface area contributed by atoms with Crippen molar-refractivity contribution in [3.63, 3.8) is 0 Å². The van der Waals surface area contributed by atoms with Gasteiger partial charge in [-0.3, -0.25) is 14.8 Å². The minimum atomic E-state index is -2.69. The number of carbonyl (C=O) groups excluding carboxylic acids is 1. The number of benzene rings is 1. The molecule has 28 heavy (non-hydrogen) atoms. The van der Waals surface area contributed by atoms with Gasteiger partial charge in [0, 0.05) is 10.9 Å². The number of nitrogens with zero attached hydrogens (tertiary/aromatic N) is 5. The van der Waals surface area contributed by atoms with E-state index in [0.717, 1.165) is 23.1 Å². The highest BCUT2D eigenvalue weighted by atomic mass is 35.5. The van der Waals surface area contributed by atoms with Crippen LogP contribution in [0.3, 0.4) is 0 Å². The van der Waals surface area contributed by atoms with Gasteiger partial charge < -0.3 is 0 Å². The van der Waals surface area contributed by atoms with E-state index < -0.39 is 12.3 Å². The average molecular weight is 407 g/mol. The minimum absolute atomic E-state index is 0.0882. The standard InChI is InChI=1S/C18H17ClF2N6O/c19-13-4-2-1-3-12(13)8-26-10-22-18(25-26)23-16(28)9-27-15(17(20)21)7-14(24-27)11-5-6-11/h1-4,7,10-11,17H,5-6,8-9H2,(H,23,25,28). The number of nitrogens with one attached hydrogen (secondary N) is 1. The molecule has 2 heterocycles. The zero-order valence-electron chi connectivity index (χ0n) is 14.7. The minimum Gasteiger partial charge on any atom is -0.292 e. The summed E-state index contributed by atoms with van der Waals surface area (Å²) >= 11 is 6.12. The summed E-state index contributed by atoms with van der Waals surface area (Å²) in [6, 6.07) is 8.71. The zero-order valence-corrected chi connectivity index (χ0v) is 15.5. The van der Waals surface area contributed by atoms with Gasteiger partial charge in [-0.2, -0.15) is 5.10 Å². The van der Waals surface area contributed by atoms with Gasteiger partial charge >= 0.3 is 0 Å². The van der Waals surface area contributed by atoms with Crippen molar-refractivity contribution in [2.45, 2.75) is 38.3 Å². The van der Waals surface area contributed by atoms with Crippen LogP contribution < -0.4 is 5.32 Å². The number of aromatic nitrogens is 5. The van der Waals surface area contributed by atoms with Crippen LogP contribution in [0, 0.1) is 0 Å². The monoisotopic (exact) mass is 406 g/mol. The molecule has 1 amide bonds. The SMILES string of the molecule is O=C(Cn1nc(C2CC2)cc1C(F)F)Nc1ncn(Cc2ccccc2Cl)n1. The summed E-state index contributed by atoms with van der Waals surface area (Å²) in [7, 11) is 0. The number of halogens is 3. The molecule has 3 aromatic rings. The van der Waals surface area contributed by atoms with Gasteiger partial charge in [-0.1, -0.05) is 29.8 Å². The van der Waals surface area contributed by atoms with E-state index in [1.54, 1.807) is 6.07 Å². The first-order valence-corrected chi connectivity index (χ1v) is 9.16. The molecule has 4 rings (SSSR count). The van der Waals surface area contributed by atoms with Crippen molar-refractivity contribution in [1.29, 1.82) is 0 Å². The third kappa shape index (κ3) is 4.19. The van der Waals surface area contributed by atoms with E-state index in [9.17, 15) is 13.6 Å². The lowest BCUT2D eigenvalue weighted by Gasteiger charge is -2.06. The van der Waals surface area contributed by atoms with Crippen molar-refractivity contribution >= 4 is 23.5 Å². The summed E-state index contributed by atoms with van der Waals surface area (Å²) in [6.45, 7) is 0.0629. The molecule has 0 spiro atoms. The molecule has 1 aliphatic carbocycles. The second-order valence-electron chi connectivity index (χ2n) is 6.63. The Morgan fingerprint density at radius 1 is 1.29 bits per heavy atom. The molecule has 0 unspecified atom stereocenters. The third-order valence-corrected chi connectivity index (χ3v) is 4.79. The molecule has 1 aliphatic rings. The molecule has 0 radical (unpaired) electrons.